The van der Waals surface area contributed by atoms with E-state index in [1.54, 1.807) is 0 Å². The summed E-state index contributed by atoms with van der Waals surface area (Å²) in [7, 11) is 0. The molecule has 0 amide bonds. The average Bonchev–Trinajstić information content (AvgIpc) is 1.33. The molecule has 0 bridgehead atoms. The second-order valence-electron chi connectivity index (χ2n) is 1.41. The van der Waals surface area contributed by atoms with Gasteiger partial charge in [0, 0.05) is 0 Å². The summed E-state index contributed by atoms with van der Waals surface area (Å²) in [6, 6.07) is 0.333. The van der Waals surface area contributed by atoms with Crippen molar-refractivity contribution < 1.29 is 0 Å². The van der Waals surface area contributed by atoms with Crippen LogP contribution < -0.4 is 11.5 Å². The molecule has 0 atom stereocenters. The van der Waals surface area contributed by atoms with Gasteiger partial charge in [-0.3, -0.25) is 5.41 Å². The van der Waals surface area contributed by atoms with Gasteiger partial charge in [0.1, 0.15) is 0 Å². The van der Waals surface area contributed by atoms with Crippen LogP contribution in [0.1, 0.15) is 13.8 Å². The summed E-state index contributed by atoms with van der Waals surface area (Å²) in [4.78, 5) is 0. The van der Waals surface area contributed by atoms with Gasteiger partial charge in [-0.05, 0) is 6.04 Å². The van der Waals surface area contributed by atoms with Crippen LogP contribution in [-0.4, -0.2) is 12.4 Å². The average molecular weight is 103 g/mol. The fraction of sp³-hybridized carbons (Fsp3) is 0.750. The molecule has 0 aromatic rings. The maximum absolute atomic E-state index is 5.86. The molecule has 3 heteroatoms. The van der Waals surface area contributed by atoms with Crippen molar-refractivity contribution in [3.63, 3.8) is 0 Å². The van der Waals surface area contributed by atoms with Gasteiger partial charge in [0.2, 0.25) is 0 Å². The Hall–Kier alpha value is -0.570. The minimum Gasteiger partial charge on any atom is -0.390 e. The van der Waals surface area contributed by atoms with Gasteiger partial charge in [-0.2, -0.15) is 0 Å². The Morgan fingerprint density at radius 3 is 1.57 bits per heavy atom. The molecule has 0 spiro atoms. The number of hydrogen-bond acceptors (Lipinski definition) is 2. The van der Waals surface area contributed by atoms with E-state index >= 15 is 0 Å². The van der Waals surface area contributed by atoms with Crippen molar-refractivity contribution in [2.75, 3.05) is 0 Å². The Bertz CT molecular complexity index is 31.2. The van der Waals surface area contributed by atoms with Crippen molar-refractivity contribution in [3.8, 4) is 0 Å². The van der Waals surface area contributed by atoms with Crippen molar-refractivity contribution in [2.45, 2.75) is 19.9 Å². The third kappa shape index (κ3) is 197. The summed E-state index contributed by atoms with van der Waals surface area (Å²) in [5, 5.41) is 5.86. The number of nitrogens with one attached hydrogen (secondary N) is 1. The Kier molecular flexibility index (Phi) is 12.5. The van der Waals surface area contributed by atoms with Gasteiger partial charge >= 0.3 is 0 Å². The number of rotatable bonds is 0. The first-order valence-corrected chi connectivity index (χ1v) is 2.11. The van der Waals surface area contributed by atoms with Gasteiger partial charge in [0.05, 0.1) is 6.34 Å². The van der Waals surface area contributed by atoms with Crippen LogP contribution in [0.15, 0.2) is 0 Å². The van der Waals surface area contributed by atoms with Crippen LogP contribution in [0.4, 0.5) is 0 Å². The first-order chi connectivity index (χ1) is 3.15. The van der Waals surface area contributed by atoms with E-state index in [4.69, 9.17) is 11.1 Å². The summed E-state index contributed by atoms with van der Waals surface area (Å²) in [6.45, 7) is 3.89. The van der Waals surface area contributed by atoms with Gasteiger partial charge < -0.3 is 11.5 Å². The molecular weight excluding hydrogens is 90.1 g/mol. The van der Waals surface area contributed by atoms with Crippen molar-refractivity contribution in [2.24, 2.45) is 11.5 Å². The lowest BCUT2D eigenvalue weighted by Crippen LogP contribution is -2.06. The summed E-state index contributed by atoms with van der Waals surface area (Å²) < 4.78 is 0. The highest BCUT2D eigenvalue weighted by atomic mass is 14.6. The third-order valence-corrected chi connectivity index (χ3v) is 0. The summed E-state index contributed by atoms with van der Waals surface area (Å²) in [5.74, 6) is 0. The van der Waals surface area contributed by atoms with Crippen LogP contribution in [-0.2, 0) is 0 Å². The largest absolute Gasteiger partial charge is 0.390 e. The predicted octanol–water partition coefficient (Wildman–Crippen LogP) is -0.0943. The van der Waals surface area contributed by atoms with E-state index in [2.05, 4.69) is 5.73 Å². The van der Waals surface area contributed by atoms with Gasteiger partial charge in [0.15, 0.2) is 0 Å². The fourth-order valence-electron chi connectivity index (χ4n) is 0. The lowest BCUT2D eigenvalue weighted by atomic mass is 10.5. The summed E-state index contributed by atoms with van der Waals surface area (Å²) in [6.07, 6.45) is 0.750. The van der Waals surface area contributed by atoms with E-state index in [0.717, 1.165) is 6.34 Å². The van der Waals surface area contributed by atoms with E-state index in [9.17, 15) is 0 Å². The normalized spacial score (nSPS) is 6.86. The quantitative estimate of drug-likeness (QED) is 0.296. The second kappa shape index (κ2) is 9.06. The third-order valence-electron chi connectivity index (χ3n) is 0. The highest BCUT2D eigenvalue weighted by Crippen LogP contribution is 1.58. The maximum Gasteiger partial charge on any atom is 0.0765 e. The smallest absolute Gasteiger partial charge is 0.0765 e. The number of nitrogens with two attached hydrogens (primary N) is 2. The van der Waals surface area contributed by atoms with Gasteiger partial charge in [-0.25, -0.2) is 0 Å². The lowest BCUT2D eigenvalue weighted by Gasteiger charge is -1.81. The molecule has 0 saturated heterocycles. The molecule has 0 fully saturated rings. The molecule has 0 aliphatic heterocycles. The first kappa shape index (κ1) is 9.66. The van der Waals surface area contributed by atoms with E-state index < -0.39 is 0 Å². The molecular formula is C4H13N3. The van der Waals surface area contributed by atoms with E-state index in [0.29, 0.717) is 6.04 Å². The molecule has 0 heterocycles. The minimum atomic E-state index is 0.333. The molecule has 0 saturated carbocycles. The van der Waals surface area contributed by atoms with Crippen LogP contribution in [0.5, 0.6) is 0 Å². The van der Waals surface area contributed by atoms with Crippen LogP contribution in [0.25, 0.3) is 0 Å². The maximum atomic E-state index is 5.86. The Morgan fingerprint density at radius 2 is 1.57 bits per heavy atom. The molecule has 0 radical (unpaired) electrons. The van der Waals surface area contributed by atoms with E-state index in [-0.39, 0.29) is 0 Å². The van der Waals surface area contributed by atoms with Crippen molar-refractivity contribution in [1.82, 2.24) is 0 Å². The van der Waals surface area contributed by atoms with Gasteiger partial charge in [-0.15, -0.1) is 0 Å². The SMILES string of the molecule is CC(C)N.N=CN. The molecule has 0 aromatic heterocycles. The highest BCUT2D eigenvalue weighted by molar-refractivity contribution is 5.46. The molecule has 7 heavy (non-hydrogen) atoms. The molecule has 0 unspecified atom stereocenters. The molecule has 3 nitrogen and oxygen atoms in total. The monoisotopic (exact) mass is 103 g/mol. The van der Waals surface area contributed by atoms with Crippen LogP contribution in [0, 0.1) is 5.41 Å². The van der Waals surface area contributed by atoms with Crippen molar-refractivity contribution >= 4 is 6.34 Å². The van der Waals surface area contributed by atoms with Crippen molar-refractivity contribution in [1.29, 1.82) is 5.41 Å². The van der Waals surface area contributed by atoms with Crippen LogP contribution >= 0.6 is 0 Å². The van der Waals surface area contributed by atoms with Crippen molar-refractivity contribution in [3.05, 3.63) is 0 Å². The Morgan fingerprint density at radius 1 is 1.57 bits per heavy atom. The zero-order chi connectivity index (χ0) is 6.28. The standard InChI is InChI=1S/C3H9N.CH4N2/c1-3(2)4;2-1-3/h3H,4H2,1-2H3;1H,(H3,2,3). The first-order valence-electron chi connectivity index (χ1n) is 2.11. The zero-order valence-electron chi connectivity index (χ0n) is 4.81. The molecule has 0 aliphatic carbocycles. The zero-order valence-corrected chi connectivity index (χ0v) is 4.81. The van der Waals surface area contributed by atoms with E-state index in [1.165, 1.54) is 0 Å². The molecule has 5 N–H and O–H groups in total. The van der Waals surface area contributed by atoms with Gasteiger partial charge in [-0.1, -0.05) is 13.8 Å². The van der Waals surface area contributed by atoms with E-state index in [1.807, 2.05) is 13.8 Å². The van der Waals surface area contributed by atoms with Gasteiger partial charge in [0.25, 0.3) is 0 Å². The molecule has 0 aliphatic rings. The predicted molar refractivity (Wildman–Crippen MR) is 32.3 cm³/mol. The summed E-state index contributed by atoms with van der Waals surface area (Å²) >= 11 is 0. The fourth-order valence-corrected chi connectivity index (χ4v) is 0. The molecule has 0 rings (SSSR count). The topological polar surface area (TPSA) is 75.9 Å². The highest BCUT2D eigenvalue weighted by Gasteiger charge is 1.67. The Labute approximate surface area is 44.2 Å². The number of hydrogen-bond donors (Lipinski definition) is 3. The minimum absolute atomic E-state index is 0.333. The summed E-state index contributed by atoms with van der Waals surface area (Å²) in [5.41, 5.74) is 9.50. The lowest BCUT2D eigenvalue weighted by molar-refractivity contribution is 0.834. The second-order valence-corrected chi connectivity index (χ2v) is 1.41. The van der Waals surface area contributed by atoms with Crippen LogP contribution in [0.2, 0.25) is 0 Å². The van der Waals surface area contributed by atoms with Crippen LogP contribution in [0.3, 0.4) is 0 Å². The molecule has 0 aromatic carbocycles. The molecule has 44 valence electrons. The Balaban J connectivity index is 0.